The molecular formula is C12H19NOS. The van der Waals surface area contributed by atoms with E-state index in [1.54, 1.807) is 7.11 Å². The molecule has 3 heteroatoms. The Morgan fingerprint density at radius 1 is 1.40 bits per heavy atom. The first-order valence-electron chi connectivity index (χ1n) is 5.31. The number of hydrogen-bond donors (Lipinski definition) is 1. The smallest absolute Gasteiger partial charge is 0.120 e. The highest BCUT2D eigenvalue weighted by Gasteiger charge is 2.04. The summed E-state index contributed by atoms with van der Waals surface area (Å²) in [6.07, 6.45) is 1.11. The average molecular weight is 225 g/mol. The van der Waals surface area contributed by atoms with Gasteiger partial charge >= 0.3 is 0 Å². The van der Waals surface area contributed by atoms with E-state index in [2.05, 4.69) is 36.6 Å². The van der Waals surface area contributed by atoms with Crippen LogP contribution in [0.1, 0.15) is 13.3 Å². The Balaban J connectivity index is 2.72. The molecule has 0 fully saturated rings. The summed E-state index contributed by atoms with van der Waals surface area (Å²) in [5, 5.41) is 0. The van der Waals surface area contributed by atoms with Crippen LogP contribution < -0.4 is 9.64 Å². The maximum absolute atomic E-state index is 5.21. The minimum atomic E-state index is 0.914. The highest BCUT2D eigenvalue weighted by Crippen LogP contribution is 2.20. The number of thiol groups is 1. The van der Waals surface area contributed by atoms with Crippen LogP contribution in [0.15, 0.2) is 24.3 Å². The van der Waals surface area contributed by atoms with Gasteiger partial charge in [-0.3, -0.25) is 0 Å². The van der Waals surface area contributed by atoms with Crippen LogP contribution in [0.2, 0.25) is 0 Å². The molecule has 0 heterocycles. The highest BCUT2D eigenvalue weighted by molar-refractivity contribution is 7.80. The second-order valence-corrected chi connectivity index (χ2v) is 3.81. The van der Waals surface area contributed by atoms with Gasteiger partial charge in [0.1, 0.15) is 5.75 Å². The molecule has 1 aromatic rings. The number of ether oxygens (including phenoxy) is 1. The maximum Gasteiger partial charge on any atom is 0.120 e. The van der Waals surface area contributed by atoms with E-state index < -0.39 is 0 Å². The lowest BCUT2D eigenvalue weighted by Crippen LogP contribution is -2.24. The number of rotatable bonds is 6. The SMILES string of the molecule is CCN(CCCS)c1cccc(OC)c1. The van der Waals surface area contributed by atoms with Gasteiger partial charge in [0.05, 0.1) is 7.11 Å². The molecule has 0 radical (unpaired) electrons. The summed E-state index contributed by atoms with van der Waals surface area (Å²) in [6.45, 7) is 4.23. The molecular weight excluding hydrogens is 206 g/mol. The number of nitrogens with zero attached hydrogens (tertiary/aromatic N) is 1. The van der Waals surface area contributed by atoms with E-state index in [4.69, 9.17) is 4.74 Å². The van der Waals surface area contributed by atoms with Gasteiger partial charge in [0.2, 0.25) is 0 Å². The molecule has 1 rings (SSSR count). The van der Waals surface area contributed by atoms with E-state index in [-0.39, 0.29) is 0 Å². The predicted octanol–water partition coefficient (Wildman–Crippen LogP) is 2.84. The standard InChI is InChI=1S/C12H19NOS/c1-3-13(8-5-9-15)11-6-4-7-12(10-11)14-2/h4,6-7,10,15H,3,5,8-9H2,1-2H3. The lowest BCUT2D eigenvalue weighted by molar-refractivity contribution is 0.415. The third kappa shape index (κ3) is 3.67. The van der Waals surface area contributed by atoms with Crippen molar-refractivity contribution < 1.29 is 4.74 Å². The molecule has 0 bridgehead atoms. The van der Waals surface area contributed by atoms with Crippen molar-refractivity contribution >= 4 is 18.3 Å². The zero-order valence-corrected chi connectivity index (χ0v) is 10.3. The summed E-state index contributed by atoms with van der Waals surface area (Å²) in [5.74, 6) is 1.84. The quantitative estimate of drug-likeness (QED) is 0.747. The Kier molecular flexibility index (Phi) is 5.40. The first-order valence-corrected chi connectivity index (χ1v) is 5.95. The van der Waals surface area contributed by atoms with Gasteiger partial charge in [0, 0.05) is 24.8 Å². The van der Waals surface area contributed by atoms with E-state index in [1.165, 1.54) is 5.69 Å². The highest BCUT2D eigenvalue weighted by atomic mass is 32.1. The maximum atomic E-state index is 5.21. The average Bonchev–Trinajstić information content (AvgIpc) is 2.30. The Morgan fingerprint density at radius 3 is 2.80 bits per heavy atom. The van der Waals surface area contributed by atoms with Gasteiger partial charge in [-0.05, 0) is 31.2 Å². The van der Waals surface area contributed by atoms with Crippen molar-refractivity contribution in [3.05, 3.63) is 24.3 Å². The van der Waals surface area contributed by atoms with Crippen LogP contribution >= 0.6 is 12.6 Å². The van der Waals surface area contributed by atoms with Gasteiger partial charge < -0.3 is 9.64 Å². The second kappa shape index (κ2) is 6.62. The molecule has 2 nitrogen and oxygen atoms in total. The summed E-state index contributed by atoms with van der Waals surface area (Å²) >= 11 is 4.23. The van der Waals surface area contributed by atoms with Gasteiger partial charge in [-0.25, -0.2) is 0 Å². The largest absolute Gasteiger partial charge is 0.497 e. The minimum absolute atomic E-state index is 0.914. The predicted molar refractivity (Wildman–Crippen MR) is 69.4 cm³/mol. The Labute approximate surface area is 97.6 Å². The van der Waals surface area contributed by atoms with E-state index >= 15 is 0 Å². The summed E-state index contributed by atoms with van der Waals surface area (Å²) < 4.78 is 5.21. The van der Waals surface area contributed by atoms with Gasteiger partial charge in [-0.2, -0.15) is 12.6 Å². The summed E-state index contributed by atoms with van der Waals surface area (Å²) in [4.78, 5) is 2.33. The van der Waals surface area contributed by atoms with Crippen LogP contribution in [-0.2, 0) is 0 Å². The van der Waals surface area contributed by atoms with Crippen LogP contribution in [0.5, 0.6) is 5.75 Å². The van der Waals surface area contributed by atoms with Crippen molar-refractivity contribution in [1.29, 1.82) is 0 Å². The van der Waals surface area contributed by atoms with Gasteiger partial charge in [0.15, 0.2) is 0 Å². The molecule has 0 aliphatic heterocycles. The first kappa shape index (κ1) is 12.2. The normalized spacial score (nSPS) is 10.1. The fourth-order valence-corrected chi connectivity index (χ4v) is 1.68. The molecule has 0 unspecified atom stereocenters. The van der Waals surface area contributed by atoms with E-state index in [0.717, 1.165) is 31.0 Å². The van der Waals surface area contributed by atoms with Gasteiger partial charge in [-0.15, -0.1) is 0 Å². The molecule has 1 aromatic carbocycles. The number of hydrogen-bond acceptors (Lipinski definition) is 3. The Hall–Kier alpha value is -0.830. The monoisotopic (exact) mass is 225 g/mol. The molecule has 0 atom stereocenters. The fraction of sp³-hybridized carbons (Fsp3) is 0.500. The van der Waals surface area contributed by atoms with Crippen molar-refractivity contribution in [2.24, 2.45) is 0 Å². The molecule has 0 aliphatic rings. The molecule has 84 valence electrons. The summed E-state index contributed by atoms with van der Waals surface area (Å²) in [5.41, 5.74) is 1.22. The van der Waals surface area contributed by atoms with Gasteiger partial charge in [-0.1, -0.05) is 6.07 Å². The molecule has 15 heavy (non-hydrogen) atoms. The summed E-state index contributed by atoms with van der Waals surface area (Å²) in [6, 6.07) is 8.18. The molecule has 0 saturated heterocycles. The Bertz CT molecular complexity index is 291. The minimum Gasteiger partial charge on any atom is -0.497 e. The summed E-state index contributed by atoms with van der Waals surface area (Å²) in [7, 11) is 1.70. The van der Waals surface area contributed by atoms with Crippen molar-refractivity contribution in [3.8, 4) is 5.75 Å². The number of benzene rings is 1. The van der Waals surface area contributed by atoms with E-state index in [0.29, 0.717) is 0 Å². The Morgan fingerprint density at radius 2 is 2.20 bits per heavy atom. The lowest BCUT2D eigenvalue weighted by atomic mass is 10.2. The molecule has 0 amide bonds. The third-order valence-electron chi connectivity index (χ3n) is 2.39. The first-order chi connectivity index (χ1) is 7.31. The van der Waals surface area contributed by atoms with Crippen molar-refractivity contribution in [1.82, 2.24) is 0 Å². The molecule has 0 N–H and O–H groups in total. The third-order valence-corrected chi connectivity index (χ3v) is 2.70. The molecule has 0 saturated carbocycles. The van der Waals surface area contributed by atoms with Crippen molar-refractivity contribution in [2.75, 3.05) is 30.9 Å². The van der Waals surface area contributed by atoms with Gasteiger partial charge in [0.25, 0.3) is 0 Å². The van der Waals surface area contributed by atoms with Crippen molar-refractivity contribution in [3.63, 3.8) is 0 Å². The van der Waals surface area contributed by atoms with E-state index in [9.17, 15) is 0 Å². The van der Waals surface area contributed by atoms with Crippen molar-refractivity contribution in [2.45, 2.75) is 13.3 Å². The molecule has 0 spiro atoms. The van der Waals surface area contributed by atoms with Crippen LogP contribution in [0.3, 0.4) is 0 Å². The van der Waals surface area contributed by atoms with Crippen LogP contribution in [0.25, 0.3) is 0 Å². The second-order valence-electron chi connectivity index (χ2n) is 3.36. The molecule has 0 aliphatic carbocycles. The topological polar surface area (TPSA) is 12.5 Å². The zero-order valence-electron chi connectivity index (χ0n) is 9.44. The molecule has 0 aromatic heterocycles. The number of anilines is 1. The van der Waals surface area contributed by atoms with Crippen LogP contribution in [0.4, 0.5) is 5.69 Å². The zero-order chi connectivity index (χ0) is 11.1. The van der Waals surface area contributed by atoms with Crippen LogP contribution in [0, 0.1) is 0 Å². The lowest BCUT2D eigenvalue weighted by Gasteiger charge is -2.23. The fourth-order valence-electron chi connectivity index (χ4n) is 1.54. The number of methoxy groups -OCH3 is 1. The van der Waals surface area contributed by atoms with E-state index in [1.807, 2.05) is 12.1 Å². The van der Waals surface area contributed by atoms with Crippen LogP contribution in [-0.4, -0.2) is 26.0 Å².